The van der Waals surface area contributed by atoms with E-state index in [9.17, 15) is 0 Å². The molecule has 2 nitrogen and oxygen atoms in total. The van der Waals surface area contributed by atoms with E-state index in [1.54, 1.807) is 11.1 Å². The molecule has 9 rings (SSSR count). The maximum Gasteiger partial charge on any atom is 0.0491 e. The zero-order valence-electron chi connectivity index (χ0n) is 38.6. The molecule has 0 fully saturated rings. The van der Waals surface area contributed by atoms with Crippen LogP contribution in [0.3, 0.4) is 0 Å². The summed E-state index contributed by atoms with van der Waals surface area (Å²) in [6, 6.07) is 46.5. The lowest BCUT2D eigenvalue weighted by atomic mass is 9.70. The molecule has 1 aliphatic carbocycles. The quantitative estimate of drug-likeness (QED) is 0.0535. The summed E-state index contributed by atoms with van der Waals surface area (Å²) in [6.45, 7) is 11.1. The molecule has 0 saturated carbocycles. The minimum absolute atomic E-state index is 0.00959. The average Bonchev–Trinajstić information content (AvgIpc) is 3.92. The first kappa shape index (κ1) is 42.7. The predicted octanol–water partition coefficient (Wildman–Crippen LogP) is 18.1. The minimum Gasteiger partial charge on any atom is -0.341 e. The lowest BCUT2D eigenvalue weighted by Gasteiger charge is -2.33. The van der Waals surface area contributed by atoms with Gasteiger partial charge in [-0.3, -0.25) is 0 Å². The number of aryl methyl sites for hydroxylation is 2. The number of fused-ring (bicyclic) bond motifs is 9. The summed E-state index contributed by atoms with van der Waals surface area (Å²) in [5, 5.41) is 5.35. The molecule has 2 heteroatoms. The van der Waals surface area contributed by atoms with Gasteiger partial charge in [0.15, 0.2) is 0 Å². The smallest absolute Gasteiger partial charge is 0.0491 e. The van der Waals surface area contributed by atoms with E-state index in [4.69, 9.17) is 0 Å². The molecule has 0 amide bonds. The van der Waals surface area contributed by atoms with Gasteiger partial charge >= 0.3 is 0 Å². The van der Waals surface area contributed by atoms with Crippen molar-refractivity contribution in [2.24, 2.45) is 0 Å². The van der Waals surface area contributed by atoms with Crippen molar-refractivity contribution in [1.29, 1.82) is 0 Å². The van der Waals surface area contributed by atoms with Gasteiger partial charge in [0.25, 0.3) is 0 Å². The van der Waals surface area contributed by atoms with Crippen LogP contribution < -0.4 is 0 Å². The van der Waals surface area contributed by atoms with Crippen molar-refractivity contribution in [3.05, 3.63) is 155 Å². The van der Waals surface area contributed by atoms with E-state index in [2.05, 4.69) is 182 Å². The monoisotopic (exact) mass is 829 g/mol. The highest BCUT2D eigenvalue weighted by Gasteiger charge is 2.42. The summed E-state index contributed by atoms with van der Waals surface area (Å²) in [4.78, 5) is 0. The highest BCUT2D eigenvalue weighted by atomic mass is 15.0. The molecule has 0 radical (unpaired) electrons. The van der Waals surface area contributed by atoms with Crippen LogP contribution in [0.15, 0.2) is 121 Å². The Kier molecular flexibility index (Phi) is 13.2. The molecule has 0 aliphatic heterocycles. The summed E-state index contributed by atoms with van der Waals surface area (Å²) < 4.78 is 4.88. The van der Waals surface area contributed by atoms with Gasteiger partial charge in [0, 0.05) is 62.1 Å². The maximum absolute atomic E-state index is 2.58. The minimum atomic E-state index is 0.00959. The molecule has 0 N–H and O–H groups in total. The van der Waals surface area contributed by atoms with E-state index in [0.29, 0.717) is 0 Å². The van der Waals surface area contributed by atoms with Gasteiger partial charge in [0.1, 0.15) is 0 Å². The third-order valence-electron chi connectivity index (χ3n) is 14.5. The molecule has 63 heavy (non-hydrogen) atoms. The van der Waals surface area contributed by atoms with Crippen LogP contribution in [0.1, 0.15) is 151 Å². The Morgan fingerprint density at radius 2 is 0.730 bits per heavy atom. The first-order chi connectivity index (χ1) is 31.1. The lowest BCUT2D eigenvalue weighted by molar-refractivity contribution is 0.398. The van der Waals surface area contributed by atoms with Crippen molar-refractivity contribution < 1.29 is 0 Å². The number of unbranched alkanes of at least 4 members (excludes halogenated alkanes) is 10. The number of hydrogen-bond acceptors (Lipinski definition) is 0. The Morgan fingerprint density at radius 3 is 1.16 bits per heavy atom. The molecule has 0 spiro atoms. The number of nitrogens with zero attached hydrogens (tertiary/aromatic N) is 2. The van der Waals surface area contributed by atoms with Crippen LogP contribution in [0, 0.1) is 0 Å². The van der Waals surface area contributed by atoms with Crippen molar-refractivity contribution in [2.45, 2.75) is 136 Å². The Balaban J connectivity index is 1.08. The van der Waals surface area contributed by atoms with Crippen molar-refractivity contribution in [1.82, 2.24) is 9.13 Å². The SMILES string of the molecule is CCCCCCCCC1(CCCCCCCC)c2cc(C=Cc3ccc4c(c3)c3ccccc3n4CC)ccc2-c2ccc(C=Cc3ccc4c(c3)c3ccccc3n4CC)cc21. The van der Waals surface area contributed by atoms with E-state index >= 15 is 0 Å². The zero-order valence-corrected chi connectivity index (χ0v) is 38.6. The predicted molar refractivity (Wildman–Crippen MR) is 277 cm³/mol. The van der Waals surface area contributed by atoms with Gasteiger partial charge in [0.05, 0.1) is 0 Å². The second-order valence-electron chi connectivity index (χ2n) is 18.5. The standard InChI is InChI=1S/C61H68N2/c1-5-9-11-13-15-21-39-61(40-22-16-14-12-10-6-2)55-43-47(29-27-45-33-37-59-53(41-45)51-23-17-19-25-57(51)62(59)7-3)31-35-49(55)50-36-32-48(44-56(50)61)30-28-46-34-38-60-54(42-46)52-24-18-20-26-58(52)63(60)8-4/h17-20,23-38,41-44H,5-16,21-22,39-40H2,1-4H3. The van der Waals surface area contributed by atoms with Gasteiger partial charge in [-0.05, 0) is 108 Å². The molecule has 0 unspecified atom stereocenters. The van der Waals surface area contributed by atoms with Gasteiger partial charge in [0.2, 0.25) is 0 Å². The Hall–Kier alpha value is -5.60. The van der Waals surface area contributed by atoms with Crippen LogP contribution in [-0.4, -0.2) is 9.13 Å². The highest BCUT2D eigenvalue weighted by molar-refractivity contribution is 6.10. The molecule has 6 aromatic carbocycles. The van der Waals surface area contributed by atoms with Crippen molar-refractivity contribution in [3.8, 4) is 11.1 Å². The number of rotatable bonds is 20. The Bertz CT molecular complexity index is 2710. The van der Waals surface area contributed by atoms with Crippen LogP contribution in [0.2, 0.25) is 0 Å². The van der Waals surface area contributed by atoms with Crippen molar-refractivity contribution in [2.75, 3.05) is 0 Å². The summed E-state index contributed by atoms with van der Waals surface area (Å²) in [5.41, 5.74) is 16.4. The maximum atomic E-state index is 2.58. The molecule has 0 bridgehead atoms. The second kappa shape index (κ2) is 19.4. The van der Waals surface area contributed by atoms with E-state index in [0.717, 1.165) is 13.1 Å². The molecule has 8 aromatic rings. The van der Waals surface area contributed by atoms with Gasteiger partial charge in [-0.2, -0.15) is 0 Å². The molecular formula is C61H68N2. The molecule has 2 heterocycles. The lowest BCUT2D eigenvalue weighted by Crippen LogP contribution is -2.25. The van der Waals surface area contributed by atoms with Crippen molar-refractivity contribution in [3.63, 3.8) is 0 Å². The van der Waals surface area contributed by atoms with Crippen LogP contribution in [-0.2, 0) is 18.5 Å². The fraction of sp³-hybridized carbons (Fsp3) is 0.344. The number of aromatic nitrogens is 2. The van der Waals surface area contributed by atoms with Crippen LogP contribution >= 0.6 is 0 Å². The number of benzene rings is 6. The molecular weight excluding hydrogens is 761 g/mol. The third kappa shape index (κ3) is 8.47. The van der Waals surface area contributed by atoms with Crippen molar-refractivity contribution >= 4 is 67.9 Å². The van der Waals surface area contributed by atoms with E-state index < -0.39 is 0 Å². The van der Waals surface area contributed by atoms with Gasteiger partial charge in [-0.25, -0.2) is 0 Å². The third-order valence-corrected chi connectivity index (χ3v) is 14.5. The molecule has 0 saturated heterocycles. The van der Waals surface area contributed by atoms with Crippen LogP contribution in [0.5, 0.6) is 0 Å². The fourth-order valence-electron chi connectivity index (χ4n) is 11.2. The average molecular weight is 829 g/mol. The van der Waals surface area contributed by atoms with Crippen LogP contribution in [0.25, 0.3) is 79.0 Å². The zero-order chi connectivity index (χ0) is 43.2. The molecule has 0 atom stereocenters. The van der Waals surface area contributed by atoms with E-state index in [1.165, 1.54) is 167 Å². The van der Waals surface area contributed by atoms with E-state index in [1.807, 2.05) is 0 Å². The summed E-state index contributed by atoms with van der Waals surface area (Å²) >= 11 is 0. The Labute approximate surface area is 377 Å². The second-order valence-corrected chi connectivity index (χ2v) is 18.5. The molecule has 322 valence electrons. The topological polar surface area (TPSA) is 9.86 Å². The number of para-hydroxylation sites is 2. The molecule has 2 aromatic heterocycles. The fourth-order valence-corrected chi connectivity index (χ4v) is 11.2. The summed E-state index contributed by atoms with van der Waals surface area (Å²) in [5.74, 6) is 0. The number of hydrogen-bond donors (Lipinski definition) is 0. The van der Waals surface area contributed by atoms with Gasteiger partial charge in [-0.15, -0.1) is 0 Å². The van der Waals surface area contributed by atoms with Gasteiger partial charge in [-0.1, -0.05) is 200 Å². The van der Waals surface area contributed by atoms with Crippen LogP contribution in [0.4, 0.5) is 0 Å². The highest BCUT2D eigenvalue weighted by Crippen LogP contribution is 2.55. The first-order valence-electron chi connectivity index (χ1n) is 24.7. The van der Waals surface area contributed by atoms with E-state index in [-0.39, 0.29) is 5.41 Å². The Morgan fingerprint density at radius 1 is 0.365 bits per heavy atom. The first-order valence-corrected chi connectivity index (χ1v) is 24.7. The largest absolute Gasteiger partial charge is 0.341 e. The molecule has 1 aliphatic rings. The normalized spacial score (nSPS) is 13.5. The van der Waals surface area contributed by atoms with Gasteiger partial charge < -0.3 is 9.13 Å². The summed E-state index contributed by atoms with van der Waals surface area (Å²) in [7, 11) is 0. The summed E-state index contributed by atoms with van der Waals surface area (Å²) in [6.07, 6.45) is 27.7.